The van der Waals surface area contributed by atoms with Gasteiger partial charge in [-0.05, 0) is 38.2 Å². The molecular weight excluding hydrogens is 177 g/mol. The first-order chi connectivity index (χ1) is 6.68. The minimum atomic E-state index is -0.185. The molecule has 0 fully saturated rings. The van der Waals surface area contributed by atoms with E-state index in [1.165, 1.54) is 12.1 Å². The van der Waals surface area contributed by atoms with Crippen molar-refractivity contribution in [2.24, 2.45) is 0 Å². The molecule has 0 N–H and O–H groups in total. The average molecular weight is 193 g/mol. The van der Waals surface area contributed by atoms with Crippen molar-refractivity contribution in [3.8, 4) is 0 Å². The Morgan fingerprint density at radius 1 is 1.21 bits per heavy atom. The second-order valence-corrected chi connectivity index (χ2v) is 3.55. The molecule has 1 nitrogen and oxygen atoms in total. The first-order valence-electron chi connectivity index (χ1n) is 4.75. The largest absolute Gasteiger partial charge is 0.309 e. The predicted molar refractivity (Wildman–Crippen MR) is 58.6 cm³/mol. The van der Waals surface area contributed by atoms with Gasteiger partial charge in [0.25, 0.3) is 0 Å². The smallest absolute Gasteiger partial charge is 0.123 e. The molecule has 0 heterocycles. The van der Waals surface area contributed by atoms with Crippen LogP contribution in [0.2, 0.25) is 0 Å². The number of hydrogen-bond donors (Lipinski definition) is 0. The van der Waals surface area contributed by atoms with E-state index in [1.807, 2.05) is 20.2 Å². The van der Waals surface area contributed by atoms with Gasteiger partial charge in [0.15, 0.2) is 0 Å². The van der Waals surface area contributed by atoms with Crippen molar-refractivity contribution in [1.29, 1.82) is 0 Å². The second kappa shape index (κ2) is 5.55. The molecule has 1 rings (SSSR count). The SMILES string of the molecule is CN(C)CCC=Cc1ccc(F)cc1. The molecule has 0 saturated heterocycles. The maximum atomic E-state index is 12.6. The monoisotopic (exact) mass is 193 g/mol. The van der Waals surface area contributed by atoms with E-state index in [1.54, 1.807) is 12.1 Å². The van der Waals surface area contributed by atoms with Crippen molar-refractivity contribution in [3.05, 3.63) is 41.7 Å². The fraction of sp³-hybridized carbons (Fsp3) is 0.333. The second-order valence-electron chi connectivity index (χ2n) is 3.55. The van der Waals surface area contributed by atoms with Crippen LogP contribution in [0.25, 0.3) is 6.08 Å². The Bertz CT molecular complexity index is 288. The minimum Gasteiger partial charge on any atom is -0.309 e. The summed E-state index contributed by atoms with van der Waals surface area (Å²) >= 11 is 0. The lowest BCUT2D eigenvalue weighted by molar-refractivity contribution is 0.417. The zero-order chi connectivity index (χ0) is 10.4. The Morgan fingerprint density at radius 3 is 2.43 bits per heavy atom. The third-order valence-electron chi connectivity index (χ3n) is 1.92. The summed E-state index contributed by atoms with van der Waals surface area (Å²) in [4.78, 5) is 2.13. The van der Waals surface area contributed by atoms with E-state index in [0.29, 0.717) is 0 Å². The van der Waals surface area contributed by atoms with E-state index in [9.17, 15) is 4.39 Å². The van der Waals surface area contributed by atoms with Crippen molar-refractivity contribution in [2.75, 3.05) is 20.6 Å². The van der Waals surface area contributed by atoms with Crippen LogP contribution < -0.4 is 0 Å². The van der Waals surface area contributed by atoms with Crippen LogP contribution in [0, 0.1) is 5.82 Å². The minimum absolute atomic E-state index is 0.185. The summed E-state index contributed by atoms with van der Waals surface area (Å²) in [5, 5.41) is 0. The highest BCUT2D eigenvalue weighted by Crippen LogP contribution is 2.05. The molecule has 0 spiro atoms. The van der Waals surface area contributed by atoms with E-state index in [-0.39, 0.29) is 5.82 Å². The third-order valence-corrected chi connectivity index (χ3v) is 1.92. The van der Waals surface area contributed by atoms with Crippen LogP contribution in [0.15, 0.2) is 30.3 Å². The van der Waals surface area contributed by atoms with E-state index in [0.717, 1.165) is 18.5 Å². The molecule has 0 atom stereocenters. The number of nitrogens with zero attached hydrogens (tertiary/aromatic N) is 1. The van der Waals surface area contributed by atoms with Gasteiger partial charge >= 0.3 is 0 Å². The molecular formula is C12H16FN. The summed E-state index contributed by atoms with van der Waals surface area (Å²) in [6, 6.07) is 6.51. The van der Waals surface area contributed by atoms with Gasteiger partial charge in [0, 0.05) is 6.54 Å². The van der Waals surface area contributed by atoms with Gasteiger partial charge in [0.2, 0.25) is 0 Å². The Kier molecular flexibility index (Phi) is 4.33. The van der Waals surface area contributed by atoms with Crippen LogP contribution in [0.3, 0.4) is 0 Å². The quantitative estimate of drug-likeness (QED) is 0.710. The topological polar surface area (TPSA) is 3.24 Å². The molecule has 2 heteroatoms. The van der Waals surface area contributed by atoms with Gasteiger partial charge in [-0.3, -0.25) is 0 Å². The van der Waals surface area contributed by atoms with Crippen LogP contribution in [0.1, 0.15) is 12.0 Å². The van der Waals surface area contributed by atoms with E-state index in [4.69, 9.17) is 0 Å². The first-order valence-corrected chi connectivity index (χ1v) is 4.75. The van der Waals surface area contributed by atoms with Gasteiger partial charge in [-0.15, -0.1) is 0 Å². The van der Waals surface area contributed by atoms with Crippen LogP contribution in [-0.2, 0) is 0 Å². The average Bonchev–Trinajstić information content (AvgIpc) is 2.15. The number of rotatable bonds is 4. The Hall–Kier alpha value is -1.15. The normalized spacial score (nSPS) is 11.4. The molecule has 14 heavy (non-hydrogen) atoms. The van der Waals surface area contributed by atoms with Crippen LogP contribution in [0.5, 0.6) is 0 Å². The molecule has 0 bridgehead atoms. The van der Waals surface area contributed by atoms with Crippen LogP contribution >= 0.6 is 0 Å². The standard InChI is InChI=1S/C12H16FN/c1-14(2)10-4-3-5-11-6-8-12(13)9-7-11/h3,5-9H,4,10H2,1-2H3. The highest BCUT2D eigenvalue weighted by molar-refractivity contribution is 5.48. The summed E-state index contributed by atoms with van der Waals surface area (Å²) in [5.74, 6) is -0.185. The third kappa shape index (κ3) is 4.19. The lowest BCUT2D eigenvalue weighted by atomic mass is 10.2. The fourth-order valence-corrected chi connectivity index (χ4v) is 1.13. The van der Waals surface area contributed by atoms with E-state index in [2.05, 4.69) is 11.0 Å². The van der Waals surface area contributed by atoms with Crippen LogP contribution in [0.4, 0.5) is 4.39 Å². The molecule has 0 aliphatic rings. The van der Waals surface area contributed by atoms with E-state index >= 15 is 0 Å². The van der Waals surface area contributed by atoms with Crippen molar-refractivity contribution >= 4 is 6.08 Å². The molecule has 76 valence electrons. The molecule has 1 aromatic rings. The van der Waals surface area contributed by atoms with Gasteiger partial charge in [-0.1, -0.05) is 24.3 Å². The van der Waals surface area contributed by atoms with Crippen molar-refractivity contribution in [1.82, 2.24) is 4.90 Å². The summed E-state index contributed by atoms with van der Waals surface area (Å²) in [6.45, 7) is 1.04. The highest BCUT2D eigenvalue weighted by atomic mass is 19.1. The number of halogens is 1. The van der Waals surface area contributed by atoms with E-state index < -0.39 is 0 Å². The summed E-state index contributed by atoms with van der Waals surface area (Å²) in [7, 11) is 4.09. The molecule has 1 aromatic carbocycles. The maximum absolute atomic E-state index is 12.6. The summed E-state index contributed by atoms with van der Waals surface area (Å²) < 4.78 is 12.6. The molecule has 0 amide bonds. The van der Waals surface area contributed by atoms with Gasteiger partial charge in [0.1, 0.15) is 5.82 Å². The molecule has 0 radical (unpaired) electrons. The molecule has 0 saturated carbocycles. The lowest BCUT2D eigenvalue weighted by Crippen LogP contribution is -2.11. The lowest BCUT2D eigenvalue weighted by Gasteiger charge is -2.05. The summed E-state index contributed by atoms with van der Waals surface area (Å²) in [5.41, 5.74) is 1.05. The molecule has 0 aliphatic carbocycles. The van der Waals surface area contributed by atoms with Gasteiger partial charge in [0.05, 0.1) is 0 Å². The van der Waals surface area contributed by atoms with Crippen LogP contribution in [-0.4, -0.2) is 25.5 Å². The predicted octanol–water partition coefficient (Wildman–Crippen LogP) is 2.79. The Labute approximate surface area is 84.9 Å². The summed E-state index contributed by atoms with van der Waals surface area (Å²) in [6.07, 6.45) is 5.14. The zero-order valence-electron chi connectivity index (χ0n) is 8.70. The number of hydrogen-bond acceptors (Lipinski definition) is 1. The highest BCUT2D eigenvalue weighted by Gasteiger charge is 1.89. The fourth-order valence-electron chi connectivity index (χ4n) is 1.13. The Morgan fingerprint density at radius 2 is 1.86 bits per heavy atom. The van der Waals surface area contributed by atoms with Crippen molar-refractivity contribution in [2.45, 2.75) is 6.42 Å². The first kappa shape index (κ1) is 10.9. The molecule has 0 aliphatic heterocycles. The maximum Gasteiger partial charge on any atom is 0.123 e. The molecule has 0 aromatic heterocycles. The number of benzene rings is 1. The van der Waals surface area contributed by atoms with Crippen molar-refractivity contribution in [3.63, 3.8) is 0 Å². The van der Waals surface area contributed by atoms with Gasteiger partial charge in [-0.25, -0.2) is 4.39 Å². The molecule has 0 unspecified atom stereocenters. The van der Waals surface area contributed by atoms with Crippen molar-refractivity contribution < 1.29 is 4.39 Å². The zero-order valence-corrected chi connectivity index (χ0v) is 8.70. The Balaban J connectivity index is 2.40. The van der Waals surface area contributed by atoms with Gasteiger partial charge < -0.3 is 4.90 Å². The van der Waals surface area contributed by atoms with Gasteiger partial charge in [-0.2, -0.15) is 0 Å².